The fraction of sp³-hybridized carbons (Fsp3) is 0.571. The molecule has 94 valence electrons. The third-order valence-electron chi connectivity index (χ3n) is 3.60. The van der Waals surface area contributed by atoms with Gasteiger partial charge in [-0.25, -0.2) is 0 Å². The molecule has 0 amide bonds. The van der Waals surface area contributed by atoms with Crippen molar-refractivity contribution < 1.29 is 0 Å². The van der Waals surface area contributed by atoms with Crippen LogP contribution in [0.15, 0.2) is 18.2 Å². The zero-order chi connectivity index (χ0) is 12.3. The first kappa shape index (κ1) is 13.2. The number of anilines is 1. The summed E-state index contributed by atoms with van der Waals surface area (Å²) in [7, 11) is 2.19. The predicted octanol–water partition coefficient (Wildman–Crippen LogP) is 4.86. The second-order valence-electron chi connectivity index (χ2n) is 4.94. The molecule has 1 aromatic carbocycles. The van der Waals surface area contributed by atoms with Gasteiger partial charge in [-0.05, 0) is 42.5 Å². The molecule has 0 unspecified atom stereocenters. The summed E-state index contributed by atoms with van der Waals surface area (Å²) < 4.78 is 0. The maximum atomic E-state index is 6.03. The van der Waals surface area contributed by atoms with E-state index >= 15 is 0 Å². The van der Waals surface area contributed by atoms with Crippen LogP contribution in [-0.2, 0) is 5.33 Å². The molecule has 1 aromatic rings. The van der Waals surface area contributed by atoms with Gasteiger partial charge in [0.1, 0.15) is 0 Å². The van der Waals surface area contributed by atoms with Crippen LogP contribution in [0, 0.1) is 5.92 Å². The molecule has 0 atom stereocenters. The van der Waals surface area contributed by atoms with E-state index in [0.717, 1.165) is 16.3 Å². The Morgan fingerprint density at radius 3 is 2.71 bits per heavy atom. The fourth-order valence-corrected chi connectivity index (χ4v) is 3.36. The highest BCUT2D eigenvalue weighted by atomic mass is 79.9. The molecule has 1 aliphatic carbocycles. The third kappa shape index (κ3) is 3.38. The van der Waals surface area contributed by atoms with Gasteiger partial charge >= 0.3 is 0 Å². The van der Waals surface area contributed by atoms with Crippen molar-refractivity contribution in [2.24, 2.45) is 5.92 Å². The van der Waals surface area contributed by atoms with E-state index in [4.69, 9.17) is 11.6 Å². The summed E-state index contributed by atoms with van der Waals surface area (Å²) in [4.78, 5) is 2.38. The summed E-state index contributed by atoms with van der Waals surface area (Å²) in [6, 6.07) is 6.17. The minimum Gasteiger partial charge on any atom is -0.374 e. The van der Waals surface area contributed by atoms with Gasteiger partial charge in [0.05, 0.1) is 0 Å². The van der Waals surface area contributed by atoms with Crippen LogP contribution in [0.25, 0.3) is 0 Å². The van der Waals surface area contributed by atoms with Gasteiger partial charge in [0.2, 0.25) is 0 Å². The lowest BCUT2D eigenvalue weighted by molar-refractivity contribution is 0.546. The highest BCUT2D eigenvalue weighted by Crippen LogP contribution is 2.30. The van der Waals surface area contributed by atoms with Gasteiger partial charge in [0, 0.05) is 29.6 Å². The first-order valence-corrected chi connectivity index (χ1v) is 7.76. The average molecular weight is 317 g/mol. The lowest BCUT2D eigenvalue weighted by Gasteiger charge is -2.25. The van der Waals surface area contributed by atoms with Gasteiger partial charge in [-0.1, -0.05) is 40.4 Å². The van der Waals surface area contributed by atoms with E-state index in [9.17, 15) is 0 Å². The summed E-state index contributed by atoms with van der Waals surface area (Å²) in [5, 5.41) is 1.68. The molecule has 3 heteroatoms. The van der Waals surface area contributed by atoms with Gasteiger partial charge in [-0.2, -0.15) is 0 Å². The van der Waals surface area contributed by atoms with Crippen LogP contribution in [0.5, 0.6) is 0 Å². The van der Waals surface area contributed by atoms with Crippen LogP contribution in [0.1, 0.15) is 31.2 Å². The van der Waals surface area contributed by atoms with Crippen LogP contribution >= 0.6 is 27.5 Å². The largest absolute Gasteiger partial charge is 0.374 e. The molecule has 1 aliphatic rings. The number of halogens is 2. The van der Waals surface area contributed by atoms with Gasteiger partial charge < -0.3 is 4.90 Å². The number of alkyl halides is 1. The van der Waals surface area contributed by atoms with Gasteiger partial charge in [0.25, 0.3) is 0 Å². The fourth-order valence-electron chi connectivity index (χ4n) is 2.71. The summed E-state index contributed by atoms with van der Waals surface area (Å²) >= 11 is 9.57. The molecule has 0 heterocycles. The zero-order valence-electron chi connectivity index (χ0n) is 10.3. The Hall–Kier alpha value is -0.210. The van der Waals surface area contributed by atoms with Crippen LogP contribution in [0.3, 0.4) is 0 Å². The average Bonchev–Trinajstić information content (AvgIpc) is 2.81. The van der Waals surface area contributed by atoms with Crippen molar-refractivity contribution in [2.75, 3.05) is 18.5 Å². The van der Waals surface area contributed by atoms with E-state index < -0.39 is 0 Å². The topological polar surface area (TPSA) is 3.24 Å². The third-order valence-corrected chi connectivity index (χ3v) is 4.44. The minimum atomic E-state index is 0.817. The summed E-state index contributed by atoms with van der Waals surface area (Å²) in [6.07, 6.45) is 5.60. The van der Waals surface area contributed by atoms with Crippen molar-refractivity contribution in [2.45, 2.75) is 31.0 Å². The Bertz CT molecular complexity index is 374. The maximum absolute atomic E-state index is 6.03. The monoisotopic (exact) mass is 315 g/mol. The molecule has 0 aliphatic heterocycles. The second-order valence-corrected chi connectivity index (χ2v) is 5.93. The number of rotatable bonds is 4. The lowest BCUT2D eigenvalue weighted by Crippen LogP contribution is -2.24. The molecule has 0 radical (unpaired) electrons. The lowest BCUT2D eigenvalue weighted by atomic mass is 10.1. The minimum absolute atomic E-state index is 0.817. The molecule has 0 aromatic heterocycles. The Kier molecular flexibility index (Phi) is 4.75. The Balaban J connectivity index is 2.09. The van der Waals surface area contributed by atoms with Crippen molar-refractivity contribution in [1.29, 1.82) is 0 Å². The van der Waals surface area contributed by atoms with E-state index in [1.807, 2.05) is 6.07 Å². The molecule has 0 saturated heterocycles. The number of nitrogens with zero attached hydrogens (tertiary/aromatic N) is 1. The molecule has 1 nitrogen and oxygen atoms in total. The van der Waals surface area contributed by atoms with E-state index in [1.165, 1.54) is 43.5 Å². The quantitative estimate of drug-likeness (QED) is 0.717. The van der Waals surface area contributed by atoms with Crippen LogP contribution < -0.4 is 4.90 Å². The molecule has 2 rings (SSSR count). The van der Waals surface area contributed by atoms with Crippen molar-refractivity contribution >= 4 is 33.2 Å². The molecular weight excluding hydrogens is 298 g/mol. The van der Waals surface area contributed by atoms with Crippen molar-refractivity contribution in [1.82, 2.24) is 0 Å². The zero-order valence-corrected chi connectivity index (χ0v) is 12.6. The smallest absolute Gasteiger partial charge is 0.0410 e. The second kappa shape index (κ2) is 6.10. The number of hydrogen-bond donors (Lipinski definition) is 0. The molecule has 0 bridgehead atoms. The highest BCUT2D eigenvalue weighted by Gasteiger charge is 2.18. The van der Waals surface area contributed by atoms with Crippen molar-refractivity contribution in [3.05, 3.63) is 28.8 Å². The SMILES string of the molecule is CN(CC1CCCC1)c1ccc(Cl)cc1CBr. The van der Waals surface area contributed by atoms with E-state index in [2.05, 4.69) is 40.0 Å². The molecule has 1 saturated carbocycles. The number of hydrogen-bond acceptors (Lipinski definition) is 1. The standard InChI is InChI=1S/C14H19BrClN/c1-17(10-11-4-2-3-5-11)14-7-6-13(16)8-12(14)9-15/h6-8,11H,2-5,9-10H2,1H3. The molecule has 0 spiro atoms. The molecule has 0 N–H and O–H groups in total. The van der Waals surface area contributed by atoms with E-state index in [0.29, 0.717) is 0 Å². The predicted molar refractivity (Wildman–Crippen MR) is 79.3 cm³/mol. The van der Waals surface area contributed by atoms with Gasteiger partial charge in [0.15, 0.2) is 0 Å². The molecule has 17 heavy (non-hydrogen) atoms. The number of benzene rings is 1. The van der Waals surface area contributed by atoms with E-state index in [-0.39, 0.29) is 0 Å². The summed E-state index contributed by atoms with van der Waals surface area (Å²) in [5.74, 6) is 0.874. The van der Waals surface area contributed by atoms with Crippen LogP contribution in [0.2, 0.25) is 5.02 Å². The summed E-state index contributed by atoms with van der Waals surface area (Å²) in [6.45, 7) is 1.17. The van der Waals surface area contributed by atoms with Crippen LogP contribution in [-0.4, -0.2) is 13.6 Å². The van der Waals surface area contributed by atoms with Crippen LogP contribution in [0.4, 0.5) is 5.69 Å². The first-order chi connectivity index (χ1) is 8.20. The maximum Gasteiger partial charge on any atom is 0.0410 e. The van der Waals surface area contributed by atoms with E-state index in [1.54, 1.807) is 0 Å². The molecular formula is C14H19BrClN. The summed E-state index contributed by atoms with van der Waals surface area (Å²) in [5.41, 5.74) is 2.58. The Labute approximate surface area is 117 Å². The Morgan fingerprint density at radius 2 is 2.06 bits per heavy atom. The first-order valence-electron chi connectivity index (χ1n) is 6.26. The van der Waals surface area contributed by atoms with Gasteiger partial charge in [-0.15, -0.1) is 0 Å². The van der Waals surface area contributed by atoms with Crippen molar-refractivity contribution in [3.63, 3.8) is 0 Å². The van der Waals surface area contributed by atoms with Crippen molar-refractivity contribution in [3.8, 4) is 0 Å². The Morgan fingerprint density at radius 1 is 1.35 bits per heavy atom. The molecule has 1 fully saturated rings. The van der Waals surface area contributed by atoms with Gasteiger partial charge in [-0.3, -0.25) is 0 Å². The highest BCUT2D eigenvalue weighted by molar-refractivity contribution is 9.08. The normalized spacial score (nSPS) is 16.4.